The molecule has 0 aromatic carbocycles. The highest BCUT2D eigenvalue weighted by Crippen LogP contribution is 2.45. The molecular weight excluding hydrogens is 462 g/mol. The monoisotopic (exact) mass is 503 g/mol. The van der Waals surface area contributed by atoms with Gasteiger partial charge in [0.1, 0.15) is 11.7 Å². The van der Waals surface area contributed by atoms with Crippen molar-refractivity contribution in [2.45, 2.75) is 103 Å². The van der Waals surface area contributed by atoms with Crippen molar-refractivity contribution in [2.24, 2.45) is 5.41 Å². The number of hydrogen-bond donors (Lipinski definition) is 0. The molecule has 0 spiro atoms. The van der Waals surface area contributed by atoms with Crippen LogP contribution in [-0.4, -0.2) is 45.0 Å². The molecule has 1 aromatic heterocycles. The average molecular weight is 504 g/mol. The number of methoxy groups -OCH3 is 2. The maximum atomic E-state index is 14.3. The number of nitrogens with zero attached hydrogens (tertiary/aromatic N) is 1. The molecule has 3 aliphatic carbocycles. The van der Waals surface area contributed by atoms with E-state index in [-0.39, 0.29) is 29.4 Å². The van der Waals surface area contributed by atoms with E-state index in [0.29, 0.717) is 11.7 Å². The molecule has 0 N–H and O–H groups in total. The number of amides is 1. The lowest BCUT2D eigenvalue weighted by Gasteiger charge is -2.42. The highest BCUT2D eigenvalue weighted by molar-refractivity contribution is 7.15. The predicted molar refractivity (Wildman–Crippen MR) is 140 cm³/mol. The van der Waals surface area contributed by atoms with Gasteiger partial charge in [0.2, 0.25) is 5.91 Å². The van der Waals surface area contributed by atoms with Crippen molar-refractivity contribution in [2.75, 3.05) is 25.9 Å². The third-order valence-electron chi connectivity index (χ3n) is 8.07. The Bertz CT molecular complexity index is 908. The summed E-state index contributed by atoms with van der Waals surface area (Å²) in [6, 6.07) is 2.15. The predicted octanol–water partition coefficient (Wildman–Crippen LogP) is 6.73. The van der Waals surface area contributed by atoms with E-state index in [1.165, 1.54) is 43.3 Å². The summed E-state index contributed by atoms with van der Waals surface area (Å²) in [5, 5.41) is 0. The lowest BCUT2D eigenvalue weighted by molar-refractivity contribution is -0.130. The minimum Gasteiger partial charge on any atom is -0.465 e. The Morgan fingerprint density at radius 1 is 1.06 bits per heavy atom. The van der Waals surface area contributed by atoms with Crippen LogP contribution in [0.1, 0.15) is 105 Å². The van der Waals surface area contributed by atoms with Gasteiger partial charge in [-0.2, -0.15) is 0 Å². The summed E-state index contributed by atoms with van der Waals surface area (Å²) in [5.41, 5.74) is 1.66. The van der Waals surface area contributed by atoms with Crippen LogP contribution in [0, 0.1) is 5.41 Å². The third kappa shape index (κ3) is 6.00. The molecule has 1 amide bonds. The van der Waals surface area contributed by atoms with E-state index in [1.54, 1.807) is 7.11 Å². The minimum absolute atomic E-state index is 0.0508. The zero-order valence-electron chi connectivity index (χ0n) is 21.6. The number of carbonyl (C=O) groups excluding carboxylic acids is 2. The van der Waals surface area contributed by atoms with Crippen molar-refractivity contribution < 1.29 is 23.8 Å². The number of carbonyl (C=O) groups is 2. The third-order valence-corrected chi connectivity index (χ3v) is 9.25. The Kier molecular flexibility index (Phi) is 9.06. The van der Waals surface area contributed by atoms with Gasteiger partial charge in [-0.3, -0.25) is 4.79 Å². The zero-order valence-corrected chi connectivity index (χ0v) is 22.4. The van der Waals surface area contributed by atoms with Crippen LogP contribution in [0.5, 0.6) is 0 Å². The topological polar surface area (TPSA) is 65.1 Å². The molecule has 4 rings (SSSR count). The van der Waals surface area contributed by atoms with Gasteiger partial charge < -0.3 is 19.1 Å². The molecule has 35 heavy (non-hydrogen) atoms. The molecule has 0 atom stereocenters. The summed E-state index contributed by atoms with van der Waals surface area (Å²) in [4.78, 5) is 31.0. The fraction of sp³-hybridized carbons (Fsp3) is 0.714. The fourth-order valence-electron chi connectivity index (χ4n) is 5.96. The second-order valence-corrected chi connectivity index (χ2v) is 11.6. The molecule has 2 saturated carbocycles. The summed E-state index contributed by atoms with van der Waals surface area (Å²) in [6.45, 7) is 2.43. The van der Waals surface area contributed by atoms with Crippen LogP contribution >= 0.6 is 11.3 Å². The Labute approximate surface area is 214 Å². The molecule has 1 heterocycles. The molecule has 6 nitrogen and oxygen atoms in total. The largest absolute Gasteiger partial charge is 0.465 e. The van der Waals surface area contributed by atoms with Gasteiger partial charge in [0.15, 0.2) is 0 Å². The maximum absolute atomic E-state index is 14.3. The Balaban J connectivity index is 1.70. The molecule has 7 heteroatoms. The van der Waals surface area contributed by atoms with Crippen LogP contribution in [0.4, 0.5) is 5.69 Å². The average Bonchev–Trinajstić information content (AvgIpc) is 3.34. The first-order chi connectivity index (χ1) is 17.0. The van der Waals surface area contributed by atoms with E-state index in [2.05, 4.69) is 19.1 Å². The van der Waals surface area contributed by atoms with Gasteiger partial charge in [-0.25, -0.2) is 4.79 Å². The SMILES string of the molecule is COCO[C@H]1CC[C@H](N(C(=O)C2(C)CCCCC2)c2cc(C3=CCCCC3)sc2C(=O)OC)CC1. The van der Waals surface area contributed by atoms with E-state index < -0.39 is 0 Å². The highest BCUT2D eigenvalue weighted by atomic mass is 32.1. The molecule has 0 unspecified atom stereocenters. The van der Waals surface area contributed by atoms with Crippen LogP contribution in [0.3, 0.4) is 0 Å². The summed E-state index contributed by atoms with van der Waals surface area (Å²) in [5.74, 6) is -0.179. The van der Waals surface area contributed by atoms with E-state index in [1.807, 2.05) is 4.90 Å². The van der Waals surface area contributed by atoms with Gasteiger partial charge in [0.05, 0.1) is 18.9 Å². The lowest BCUT2D eigenvalue weighted by Crippen LogP contribution is -2.50. The molecule has 1 aromatic rings. The standard InChI is InChI=1S/C28H41NO5S/c1-28(16-8-5-9-17-28)27(31)29(21-12-14-22(15-13-21)34-19-32-2)23-18-24(20-10-6-4-7-11-20)35-25(23)26(30)33-3/h10,18,21-22H,4-9,11-17,19H2,1-3H3/t21-,22-. The molecular formula is C28H41NO5S. The van der Waals surface area contributed by atoms with Gasteiger partial charge in [-0.1, -0.05) is 32.3 Å². The first-order valence-electron chi connectivity index (χ1n) is 13.3. The Morgan fingerprint density at radius 2 is 1.80 bits per heavy atom. The van der Waals surface area contributed by atoms with Crippen molar-refractivity contribution in [3.05, 3.63) is 21.9 Å². The summed E-state index contributed by atoms with van der Waals surface area (Å²) in [6.07, 6.45) is 15.6. The second-order valence-electron chi connectivity index (χ2n) is 10.6. The van der Waals surface area contributed by atoms with Crippen molar-refractivity contribution in [1.82, 2.24) is 0 Å². The molecule has 0 aliphatic heterocycles. The summed E-state index contributed by atoms with van der Waals surface area (Å²) >= 11 is 1.49. The van der Waals surface area contributed by atoms with Gasteiger partial charge in [-0.15, -0.1) is 11.3 Å². The molecule has 3 aliphatic rings. The van der Waals surface area contributed by atoms with Crippen molar-refractivity contribution in [3.63, 3.8) is 0 Å². The van der Waals surface area contributed by atoms with Gasteiger partial charge >= 0.3 is 5.97 Å². The Morgan fingerprint density at radius 3 is 2.43 bits per heavy atom. The summed E-state index contributed by atoms with van der Waals surface area (Å²) < 4.78 is 16.1. The number of allylic oxidation sites excluding steroid dienone is 2. The van der Waals surface area contributed by atoms with E-state index >= 15 is 0 Å². The number of hydrogen-bond acceptors (Lipinski definition) is 6. The minimum atomic E-state index is -0.388. The number of thiophene rings is 1. The number of anilines is 1. The van der Waals surface area contributed by atoms with Crippen molar-refractivity contribution >= 4 is 34.5 Å². The molecule has 0 radical (unpaired) electrons. The maximum Gasteiger partial charge on any atom is 0.350 e. The molecule has 2 fully saturated rings. The van der Waals surface area contributed by atoms with E-state index in [9.17, 15) is 9.59 Å². The van der Waals surface area contributed by atoms with Crippen molar-refractivity contribution in [1.29, 1.82) is 0 Å². The normalized spacial score (nSPS) is 24.5. The quantitative estimate of drug-likeness (QED) is 0.291. The lowest BCUT2D eigenvalue weighted by atomic mass is 9.74. The van der Waals surface area contributed by atoms with Gasteiger partial charge in [-0.05, 0) is 75.8 Å². The van der Waals surface area contributed by atoms with Gasteiger partial charge in [0, 0.05) is 23.4 Å². The van der Waals surface area contributed by atoms with E-state index in [4.69, 9.17) is 14.2 Å². The first-order valence-corrected chi connectivity index (χ1v) is 14.1. The summed E-state index contributed by atoms with van der Waals surface area (Å²) in [7, 11) is 3.07. The number of ether oxygens (including phenoxy) is 3. The fourth-order valence-corrected chi connectivity index (χ4v) is 7.10. The van der Waals surface area contributed by atoms with Crippen LogP contribution in [0.25, 0.3) is 5.57 Å². The van der Waals surface area contributed by atoms with Crippen molar-refractivity contribution in [3.8, 4) is 0 Å². The number of esters is 1. The van der Waals surface area contributed by atoms with Crippen LogP contribution in [0.2, 0.25) is 0 Å². The highest BCUT2D eigenvalue weighted by Gasteiger charge is 2.43. The zero-order chi connectivity index (χ0) is 24.8. The smallest absolute Gasteiger partial charge is 0.350 e. The van der Waals surface area contributed by atoms with Crippen LogP contribution < -0.4 is 4.90 Å². The van der Waals surface area contributed by atoms with E-state index in [0.717, 1.165) is 74.8 Å². The molecule has 0 bridgehead atoms. The first kappa shape index (κ1) is 26.4. The van der Waals surface area contributed by atoms with Crippen LogP contribution in [-0.2, 0) is 19.0 Å². The second kappa shape index (κ2) is 12.0. The Hall–Kier alpha value is -1.70. The molecule has 194 valence electrons. The molecule has 0 saturated heterocycles. The van der Waals surface area contributed by atoms with Gasteiger partial charge in [0.25, 0.3) is 0 Å². The number of rotatable bonds is 8. The van der Waals surface area contributed by atoms with Crippen LogP contribution in [0.15, 0.2) is 12.1 Å².